The Balaban J connectivity index is 3.12. The average molecular weight is 337 g/mol. The largest absolute Gasteiger partial charge is 0.459 e. The normalized spacial score (nSPS) is 13.3. The van der Waals surface area contributed by atoms with E-state index in [9.17, 15) is 17.6 Å². The molecule has 0 bridgehead atoms. The first kappa shape index (κ1) is 17.9. The summed E-state index contributed by atoms with van der Waals surface area (Å²) in [5.74, 6) is -1.39. The number of carbonyl (C=O) groups is 1. The van der Waals surface area contributed by atoms with Crippen LogP contribution >= 0.6 is 10.7 Å². The van der Waals surface area contributed by atoms with Gasteiger partial charge in [-0.1, -0.05) is 13.8 Å². The van der Waals surface area contributed by atoms with E-state index < -0.39 is 32.5 Å². The van der Waals surface area contributed by atoms with Crippen molar-refractivity contribution in [2.24, 2.45) is 5.92 Å². The topological polar surface area (TPSA) is 60.4 Å². The number of halogens is 2. The van der Waals surface area contributed by atoms with E-state index in [2.05, 4.69) is 0 Å². The quantitative estimate of drug-likeness (QED) is 0.608. The molecule has 0 fully saturated rings. The molecule has 118 valence electrons. The lowest BCUT2D eigenvalue weighted by Crippen LogP contribution is -2.18. The lowest BCUT2D eigenvalue weighted by molar-refractivity contribution is 0.0294. The predicted molar refractivity (Wildman–Crippen MR) is 78.5 cm³/mol. The Bertz CT molecular complexity index is 641. The van der Waals surface area contributed by atoms with Crippen molar-refractivity contribution in [3.8, 4) is 0 Å². The summed E-state index contributed by atoms with van der Waals surface area (Å²) < 4.78 is 41.8. The van der Waals surface area contributed by atoms with E-state index in [1.165, 1.54) is 6.92 Å². The molecule has 4 nitrogen and oxygen atoms in total. The summed E-state index contributed by atoms with van der Waals surface area (Å²) in [5.41, 5.74) is -0.412. The van der Waals surface area contributed by atoms with Gasteiger partial charge in [-0.3, -0.25) is 0 Å². The molecule has 1 rings (SSSR count). The molecule has 21 heavy (non-hydrogen) atoms. The van der Waals surface area contributed by atoms with Gasteiger partial charge in [0.2, 0.25) is 0 Å². The summed E-state index contributed by atoms with van der Waals surface area (Å²) >= 11 is 0. The van der Waals surface area contributed by atoms with E-state index in [1.807, 2.05) is 13.8 Å². The second kappa shape index (κ2) is 6.75. The van der Waals surface area contributed by atoms with Crippen LogP contribution < -0.4 is 0 Å². The molecule has 0 radical (unpaired) electrons. The van der Waals surface area contributed by atoms with Crippen LogP contribution in [0.3, 0.4) is 0 Å². The summed E-state index contributed by atoms with van der Waals surface area (Å²) in [6.07, 6.45) is 0.230. The highest BCUT2D eigenvalue weighted by Gasteiger charge is 2.22. The maximum absolute atomic E-state index is 14.0. The number of aryl methyl sites for hydroxylation is 1. The molecule has 0 aliphatic heterocycles. The molecular formula is C14H18ClFO4S. The van der Waals surface area contributed by atoms with Crippen LogP contribution in [0.15, 0.2) is 17.0 Å². The highest BCUT2D eigenvalue weighted by atomic mass is 35.7. The smallest absolute Gasteiger partial charge is 0.341 e. The standard InChI is InChI=1S/C14H18ClFO4S/c1-8(2)5-10(4)20-14(17)12-7-11(21(15,18)19)6-9(3)13(12)16/h6-8,10H,5H2,1-4H3. The van der Waals surface area contributed by atoms with Gasteiger partial charge in [-0.05, 0) is 43.9 Å². The van der Waals surface area contributed by atoms with Gasteiger partial charge in [-0.25, -0.2) is 17.6 Å². The van der Waals surface area contributed by atoms with E-state index in [0.29, 0.717) is 12.3 Å². The molecule has 0 aliphatic rings. The zero-order valence-corrected chi connectivity index (χ0v) is 13.9. The monoisotopic (exact) mass is 336 g/mol. The van der Waals surface area contributed by atoms with Crippen LogP contribution in [-0.4, -0.2) is 20.5 Å². The molecule has 0 aromatic heterocycles. The number of benzene rings is 1. The minimum atomic E-state index is -4.05. The van der Waals surface area contributed by atoms with Crippen LogP contribution in [0, 0.1) is 18.7 Å². The fourth-order valence-corrected chi connectivity index (χ4v) is 2.83. The molecule has 0 spiro atoms. The Kier molecular flexibility index (Phi) is 5.75. The van der Waals surface area contributed by atoms with Gasteiger partial charge in [0.1, 0.15) is 5.82 Å². The number of carbonyl (C=O) groups excluding carboxylic acids is 1. The molecular weight excluding hydrogens is 319 g/mol. The highest BCUT2D eigenvalue weighted by Crippen LogP contribution is 2.23. The molecule has 0 heterocycles. The van der Waals surface area contributed by atoms with Crippen LogP contribution in [0.2, 0.25) is 0 Å². The van der Waals surface area contributed by atoms with Gasteiger partial charge in [0.15, 0.2) is 0 Å². The van der Waals surface area contributed by atoms with E-state index in [-0.39, 0.29) is 10.5 Å². The van der Waals surface area contributed by atoms with E-state index in [0.717, 1.165) is 12.1 Å². The third-order valence-corrected chi connectivity index (χ3v) is 4.17. The first-order valence-electron chi connectivity index (χ1n) is 6.48. The van der Waals surface area contributed by atoms with Crippen molar-refractivity contribution in [3.63, 3.8) is 0 Å². The molecule has 0 N–H and O–H groups in total. The second-order valence-corrected chi connectivity index (χ2v) is 7.95. The van der Waals surface area contributed by atoms with Crippen molar-refractivity contribution >= 4 is 25.7 Å². The van der Waals surface area contributed by atoms with Gasteiger partial charge in [0.25, 0.3) is 9.05 Å². The highest BCUT2D eigenvalue weighted by molar-refractivity contribution is 8.13. The zero-order chi connectivity index (χ0) is 16.4. The minimum Gasteiger partial charge on any atom is -0.459 e. The van der Waals surface area contributed by atoms with Crippen molar-refractivity contribution in [2.75, 3.05) is 0 Å². The number of ether oxygens (including phenoxy) is 1. The van der Waals surface area contributed by atoms with Crippen molar-refractivity contribution in [3.05, 3.63) is 29.1 Å². The van der Waals surface area contributed by atoms with E-state index in [1.54, 1.807) is 6.92 Å². The van der Waals surface area contributed by atoms with Crippen LogP contribution in [0.25, 0.3) is 0 Å². The Morgan fingerprint density at radius 2 is 1.90 bits per heavy atom. The molecule has 0 aliphatic carbocycles. The van der Waals surface area contributed by atoms with Crippen molar-refractivity contribution in [1.82, 2.24) is 0 Å². The number of rotatable bonds is 5. The summed E-state index contributed by atoms with van der Waals surface area (Å²) in [6, 6.07) is 1.97. The molecule has 0 saturated heterocycles. The van der Waals surface area contributed by atoms with Crippen LogP contribution in [0.4, 0.5) is 4.39 Å². The maximum atomic E-state index is 14.0. The zero-order valence-electron chi connectivity index (χ0n) is 12.3. The molecule has 7 heteroatoms. The number of hydrogen-bond donors (Lipinski definition) is 0. The SMILES string of the molecule is Cc1cc(S(=O)(=O)Cl)cc(C(=O)OC(C)CC(C)C)c1F. The van der Waals surface area contributed by atoms with Gasteiger partial charge in [-0.2, -0.15) is 0 Å². The van der Waals surface area contributed by atoms with Gasteiger partial charge in [0, 0.05) is 10.7 Å². The van der Waals surface area contributed by atoms with Crippen LogP contribution in [0.1, 0.15) is 43.1 Å². The third kappa shape index (κ3) is 4.97. The van der Waals surface area contributed by atoms with Gasteiger partial charge in [-0.15, -0.1) is 0 Å². The lowest BCUT2D eigenvalue weighted by Gasteiger charge is -2.16. The number of esters is 1. The first-order chi connectivity index (χ1) is 9.52. The Labute approximate surface area is 128 Å². The average Bonchev–Trinajstić information content (AvgIpc) is 2.29. The number of hydrogen-bond acceptors (Lipinski definition) is 4. The Morgan fingerprint density at radius 3 is 2.38 bits per heavy atom. The summed E-state index contributed by atoms with van der Waals surface area (Å²) in [5, 5.41) is 0. The molecule has 1 aromatic carbocycles. The fraction of sp³-hybridized carbons (Fsp3) is 0.500. The molecule has 0 amide bonds. The van der Waals surface area contributed by atoms with E-state index in [4.69, 9.17) is 15.4 Å². The Hall–Kier alpha value is -1.14. The van der Waals surface area contributed by atoms with Crippen LogP contribution in [-0.2, 0) is 13.8 Å². The van der Waals surface area contributed by atoms with Gasteiger partial charge >= 0.3 is 5.97 Å². The van der Waals surface area contributed by atoms with Crippen molar-refractivity contribution < 1.29 is 22.3 Å². The second-order valence-electron chi connectivity index (χ2n) is 5.39. The lowest BCUT2D eigenvalue weighted by atomic mass is 10.1. The summed E-state index contributed by atoms with van der Waals surface area (Å²) in [4.78, 5) is 11.7. The van der Waals surface area contributed by atoms with Crippen LogP contribution in [0.5, 0.6) is 0 Å². The first-order valence-corrected chi connectivity index (χ1v) is 8.79. The maximum Gasteiger partial charge on any atom is 0.341 e. The molecule has 0 saturated carbocycles. The summed E-state index contributed by atoms with van der Waals surface area (Å²) in [7, 11) is 1.18. The minimum absolute atomic E-state index is 0.0141. The molecule has 1 unspecified atom stereocenters. The fourth-order valence-electron chi connectivity index (χ4n) is 1.98. The predicted octanol–water partition coefficient (Wildman–Crippen LogP) is 3.65. The summed E-state index contributed by atoms with van der Waals surface area (Å²) in [6.45, 7) is 6.99. The van der Waals surface area contributed by atoms with Crippen molar-refractivity contribution in [2.45, 2.75) is 45.1 Å². The van der Waals surface area contributed by atoms with Gasteiger partial charge < -0.3 is 4.74 Å². The third-order valence-electron chi connectivity index (χ3n) is 2.84. The molecule has 1 aromatic rings. The van der Waals surface area contributed by atoms with Gasteiger partial charge in [0.05, 0.1) is 16.6 Å². The molecule has 1 atom stereocenters. The van der Waals surface area contributed by atoms with E-state index >= 15 is 0 Å². The van der Waals surface area contributed by atoms with Crippen molar-refractivity contribution in [1.29, 1.82) is 0 Å². The Morgan fingerprint density at radius 1 is 1.33 bits per heavy atom.